The van der Waals surface area contributed by atoms with Gasteiger partial charge < -0.3 is 9.69 Å². The van der Waals surface area contributed by atoms with Crippen molar-refractivity contribution in [3.8, 4) is 0 Å². The summed E-state index contributed by atoms with van der Waals surface area (Å²) in [5, 5.41) is 2.28. The van der Waals surface area contributed by atoms with Crippen molar-refractivity contribution in [3.05, 3.63) is 41.8 Å². The summed E-state index contributed by atoms with van der Waals surface area (Å²) in [7, 11) is 0. The van der Waals surface area contributed by atoms with E-state index in [-0.39, 0.29) is 56.9 Å². The first-order chi connectivity index (χ1) is 10.1. The molecule has 22 heavy (non-hydrogen) atoms. The smallest absolute Gasteiger partial charge is 0.249 e. The summed E-state index contributed by atoms with van der Waals surface area (Å²) in [6, 6.07) is 4.82. The number of imide groups is 1. The standard InChI is InChI=1S/C14H13N2O3.CHO.Y/c1-8-3-2-4-9-10(8)7-16(14(9)19)11-5-6-12(17)15-13(11)18;1-2;/h2-4,11H,1,5-7H2,(H,15,17,18);1H;/q2*-1;. The molecule has 2 aliphatic rings. The second-order valence-corrected chi connectivity index (χ2v) is 4.84. The van der Waals surface area contributed by atoms with Crippen LogP contribution in [-0.2, 0) is 53.6 Å². The van der Waals surface area contributed by atoms with Crippen LogP contribution < -0.4 is 5.32 Å². The van der Waals surface area contributed by atoms with E-state index in [2.05, 4.69) is 19.0 Å². The number of carbonyl (C=O) groups excluding carboxylic acids is 4. The molecular weight excluding hydrogens is 361 g/mol. The molecule has 6 nitrogen and oxygen atoms in total. The molecule has 1 aromatic carbocycles. The van der Waals surface area contributed by atoms with Gasteiger partial charge >= 0.3 is 0 Å². The van der Waals surface area contributed by atoms with E-state index in [1.807, 2.05) is 6.07 Å². The number of fused-ring (bicyclic) bond motifs is 1. The van der Waals surface area contributed by atoms with E-state index in [1.165, 1.54) is 4.90 Å². The van der Waals surface area contributed by atoms with Crippen LogP contribution in [0.2, 0.25) is 0 Å². The maximum absolute atomic E-state index is 12.3. The Kier molecular flexibility index (Phi) is 6.44. The fraction of sp³-hybridized carbons (Fsp3) is 0.267. The summed E-state index contributed by atoms with van der Waals surface area (Å²) < 4.78 is 0. The van der Waals surface area contributed by atoms with Gasteiger partial charge in [-0.25, -0.2) is 0 Å². The van der Waals surface area contributed by atoms with Crippen molar-refractivity contribution in [2.24, 2.45) is 0 Å². The molecule has 0 saturated carbocycles. The van der Waals surface area contributed by atoms with Crippen molar-refractivity contribution in [1.29, 1.82) is 0 Å². The minimum atomic E-state index is -0.558. The molecule has 0 aromatic heterocycles. The van der Waals surface area contributed by atoms with Crippen LogP contribution >= 0.6 is 0 Å². The van der Waals surface area contributed by atoms with Gasteiger partial charge in [0.05, 0.1) is 0 Å². The average Bonchev–Trinajstić information content (AvgIpc) is 2.80. The van der Waals surface area contributed by atoms with E-state index in [4.69, 9.17) is 4.79 Å². The number of carbonyl (C=O) groups is 3. The van der Waals surface area contributed by atoms with Gasteiger partial charge in [0.15, 0.2) is 0 Å². The van der Waals surface area contributed by atoms with E-state index in [0.29, 0.717) is 18.5 Å². The van der Waals surface area contributed by atoms with Crippen LogP contribution in [0.1, 0.15) is 34.3 Å². The Labute approximate surface area is 153 Å². The molecule has 1 fully saturated rings. The second kappa shape index (κ2) is 7.65. The minimum Gasteiger partial charge on any atom is -0.545 e. The predicted octanol–water partition coefficient (Wildman–Crippen LogP) is 0.353. The average molecular weight is 375 g/mol. The Morgan fingerprint density at radius 1 is 1.23 bits per heavy atom. The van der Waals surface area contributed by atoms with Gasteiger partial charge in [-0.1, -0.05) is 6.07 Å². The Bertz CT molecular complexity index is 618. The van der Waals surface area contributed by atoms with Gasteiger partial charge in [-0.05, 0) is 12.0 Å². The number of rotatable bonds is 1. The fourth-order valence-corrected chi connectivity index (χ4v) is 2.65. The quantitative estimate of drug-likeness (QED) is 0.436. The number of nitrogens with one attached hydrogen (secondary N) is 1. The van der Waals surface area contributed by atoms with Crippen LogP contribution in [-0.4, -0.2) is 35.5 Å². The molecule has 1 unspecified atom stereocenters. The first kappa shape index (κ1) is 18.5. The summed E-state index contributed by atoms with van der Waals surface area (Å²) in [4.78, 5) is 44.6. The second-order valence-electron chi connectivity index (χ2n) is 4.84. The number of amides is 3. The molecule has 2 aliphatic heterocycles. The topological polar surface area (TPSA) is 83.6 Å². The maximum atomic E-state index is 12.3. The Morgan fingerprint density at radius 3 is 2.50 bits per heavy atom. The van der Waals surface area contributed by atoms with Crippen molar-refractivity contribution in [3.63, 3.8) is 0 Å². The van der Waals surface area contributed by atoms with Crippen LogP contribution in [0, 0.1) is 6.92 Å². The van der Waals surface area contributed by atoms with Gasteiger partial charge in [0, 0.05) is 45.7 Å². The third-order valence-corrected chi connectivity index (χ3v) is 3.68. The zero-order valence-corrected chi connectivity index (χ0v) is 14.7. The molecule has 1 atom stereocenters. The van der Waals surface area contributed by atoms with Gasteiger partial charge in [-0.15, -0.1) is 11.6 Å². The minimum absolute atomic E-state index is 0. The number of hydrogen-bond acceptors (Lipinski definition) is 4. The van der Waals surface area contributed by atoms with Crippen molar-refractivity contribution in [2.75, 3.05) is 0 Å². The number of piperidine rings is 1. The molecule has 1 N–H and O–H groups in total. The number of benzene rings is 1. The van der Waals surface area contributed by atoms with Crippen molar-refractivity contribution < 1.29 is 51.9 Å². The molecule has 7 heteroatoms. The van der Waals surface area contributed by atoms with Gasteiger partial charge in [0.25, 0.3) is 0 Å². The molecule has 1 aromatic rings. The third kappa shape index (κ3) is 3.28. The molecule has 3 amide bonds. The monoisotopic (exact) mass is 375 g/mol. The van der Waals surface area contributed by atoms with Crippen LogP contribution in [0.25, 0.3) is 0 Å². The predicted molar refractivity (Wildman–Crippen MR) is 73.7 cm³/mol. The molecule has 0 spiro atoms. The Hall–Kier alpha value is -1.53. The molecule has 1 saturated heterocycles. The summed E-state index contributed by atoms with van der Waals surface area (Å²) in [6.45, 7) is 7.54. The molecule has 0 aliphatic carbocycles. The molecule has 1 radical (unpaired) electrons. The first-order valence-electron chi connectivity index (χ1n) is 6.40. The van der Waals surface area contributed by atoms with Crippen molar-refractivity contribution in [1.82, 2.24) is 10.2 Å². The van der Waals surface area contributed by atoms with Gasteiger partial charge in [0.2, 0.25) is 17.7 Å². The third-order valence-electron chi connectivity index (χ3n) is 3.68. The number of hydrogen-bond donors (Lipinski definition) is 1. The zero-order valence-electron chi connectivity index (χ0n) is 11.9. The normalized spacial score (nSPS) is 19.5. The van der Waals surface area contributed by atoms with E-state index in [1.54, 1.807) is 12.1 Å². The first-order valence-corrected chi connectivity index (χ1v) is 6.40. The summed E-state index contributed by atoms with van der Waals surface area (Å²) in [5.74, 6) is -0.818. The van der Waals surface area contributed by atoms with Gasteiger partial charge in [-0.3, -0.25) is 26.5 Å². The molecular formula is C15H14N2O4Y-2. The van der Waals surface area contributed by atoms with E-state index in [0.717, 1.165) is 11.1 Å². The maximum Gasteiger partial charge on any atom is 0.249 e. The van der Waals surface area contributed by atoms with Crippen molar-refractivity contribution >= 4 is 24.5 Å². The summed E-state index contributed by atoms with van der Waals surface area (Å²) >= 11 is 0. The van der Waals surface area contributed by atoms with Gasteiger partial charge in [-0.2, -0.15) is 18.6 Å². The Balaban J connectivity index is 0.000000775. The SMILES string of the molecule is [CH-]=O.[CH2-]c1cccc2c1CN(C1CCC(=O)NC1=O)C2=O.[Y]. The Morgan fingerprint density at radius 2 is 1.91 bits per heavy atom. The largest absolute Gasteiger partial charge is 0.545 e. The van der Waals surface area contributed by atoms with E-state index in [9.17, 15) is 14.4 Å². The van der Waals surface area contributed by atoms with Gasteiger partial charge in [0.1, 0.15) is 6.04 Å². The van der Waals surface area contributed by atoms with Crippen molar-refractivity contribution in [2.45, 2.75) is 25.4 Å². The summed E-state index contributed by atoms with van der Waals surface area (Å²) in [6.07, 6.45) is 0.657. The zero-order chi connectivity index (χ0) is 15.6. The van der Waals surface area contributed by atoms with E-state index >= 15 is 0 Å². The number of nitrogens with zero attached hydrogens (tertiary/aromatic N) is 1. The summed E-state index contributed by atoms with van der Waals surface area (Å²) in [5.41, 5.74) is 2.29. The van der Waals surface area contributed by atoms with E-state index < -0.39 is 6.04 Å². The van der Waals surface area contributed by atoms with Crippen LogP contribution in [0.4, 0.5) is 0 Å². The molecule has 0 bridgehead atoms. The molecule has 113 valence electrons. The molecule has 2 heterocycles. The fourth-order valence-electron chi connectivity index (χ4n) is 2.65. The molecule has 3 rings (SSSR count). The van der Waals surface area contributed by atoms with Crippen LogP contribution in [0.3, 0.4) is 0 Å². The van der Waals surface area contributed by atoms with Crippen LogP contribution in [0.5, 0.6) is 0 Å². The van der Waals surface area contributed by atoms with Crippen LogP contribution in [0.15, 0.2) is 18.2 Å².